The van der Waals surface area contributed by atoms with Gasteiger partial charge in [0, 0.05) is 36.7 Å². The Labute approximate surface area is 271 Å². The second-order valence-corrected chi connectivity index (χ2v) is 11.4. The number of ether oxygens (including phenoxy) is 4. The van der Waals surface area contributed by atoms with Crippen molar-refractivity contribution in [3.05, 3.63) is 89.2 Å². The van der Waals surface area contributed by atoms with Gasteiger partial charge in [0.25, 0.3) is 11.8 Å². The number of aromatic nitrogens is 1. The van der Waals surface area contributed by atoms with Crippen LogP contribution in [0.2, 0.25) is 0 Å². The number of nitrogens with zero attached hydrogens (tertiary/aromatic N) is 2. The molecule has 0 unspecified atom stereocenters. The van der Waals surface area contributed by atoms with Gasteiger partial charge in [0.15, 0.2) is 18.1 Å². The van der Waals surface area contributed by atoms with Crippen molar-refractivity contribution in [3.63, 3.8) is 0 Å². The van der Waals surface area contributed by atoms with E-state index in [2.05, 4.69) is 15.8 Å². The van der Waals surface area contributed by atoms with Gasteiger partial charge in [-0.3, -0.25) is 14.4 Å². The monoisotopic (exact) mass is 640 g/mol. The zero-order valence-electron chi connectivity index (χ0n) is 26.4. The molecule has 4 bridgehead atoms. The lowest BCUT2D eigenvalue weighted by Crippen LogP contribution is -2.46. The van der Waals surface area contributed by atoms with Gasteiger partial charge in [-0.25, -0.2) is 0 Å². The summed E-state index contributed by atoms with van der Waals surface area (Å²) in [6.07, 6.45) is 0.152. The summed E-state index contributed by atoms with van der Waals surface area (Å²) in [7, 11) is 3.06. The second kappa shape index (κ2) is 13.9. The van der Waals surface area contributed by atoms with E-state index in [1.165, 1.54) is 7.11 Å². The molecule has 12 nitrogen and oxygen atoms in total. The van der Waals surface area contributed by atoms with Crippen LogP contribution in [0.4, 0.5) is 0 Å². The highest BCUT2D eigenvalue weighted by Crippen LogP contribution is 2.31. The highest BCUT2D eigenvalue weighted by atomic mass is 16.5. The highest BCUT2D eigenvalue weighted by Gasteiger charge is 2.40. The van der Waals surface area contributed by atoms with E-state index in [-0.39, 0.29) is 44.5 Å². The fourth-order valence-corrected chi connectivity index (χ4v) is 5.81. The van der Waals surface area contributed by atoms with E-state index in [4.69, 9.17) is 23.5 Å². The number of carbonyl (C=O) groups is 3. The van der Waals surface area contributed by atoms with Crippen LogP contribution in [0.3, 0.4) is 0 Å². The van der Waals surface area contributed by atoms with Crippen LogP contribution in [0, 0.1) is 6.92 Å². The molecule has 5 aliphatic heterocycles. The van der Waals surface area contributed by atoms with E-state index < -0.39 is 18.1 Å². The van der Waals surface area contributed by atoms with Crippen LogP contribution in [-0.4, -0.2) is 73.8 Å². The van der Waals surface area contributed by atoms with Crippen LogP contribution < -0.4 is 29.6 Å². The van der Waals surface area contributed by atoms with E-state index in [0.717, 1.165) is 16.7 Å². The smallest absolute Gasteiger partial charge is 0.259 e. The minimum atomic E-state index is -0.613. The first-order chi connectivity index (χ1) is 22.8. The van der Waals surface area contributed by atoms with E-state index in [1.807, 2.05) is 42.5 Å². The van der Waals surface area contributed by atoms with E-state index >= 15 is 0 Å². The van der Waals surface area contributed by atoms with Crippen LogP contribution in [0.1, 0.15) is 33.7 Å². The van der Waals surface area contributed by atoms with Gasteiger partial charge in [-0.05, 0) is 43.2 Å². The molecule has 244 valence electrons. The Morgan fingerprint density at radius 1 is 0.936 bits per heavy atom. The highest BCUT2D eigenvalue weighted by molar-refractivity contribution is 6.01. The topological polar surface area (TPSA) is 141 Å². The number of hydrogen-bond acceptors (Lipinski definition) is 9. The zero-order valence-corrected chi connectivity index (χ0v) is 26.4. The van der Waals surface area contributed by atoms with Crippen molar-refractivity contribution in [2.24, 2.45) is 0 Å². The molecule has 0 saturated carbocycles. The quantitative estimate of drug-likeness (QED) is 0.342. The predicted octanol–water partition coefficient (Wildman–Crippen LogP) is 3.70. The number of hydrogen-bond donors (Lipinski definition) is 2. The minimum Gasteiger partial charge on any atom is -0.496 e. The fourth-order valence-electron chi connectivity index (χ4n) is 5.81. The molecule has 4 aromatic rings. The van der Waals surface area contributed by atoms with Crippen LogP contribution in [-0.2, 0) is 22.6 Å². The van der Waals surface area contributed by atoms with E-state index in [0.29, 0.717) is 46.4 Å². The van der Waals surface area contributed by atoms with E-state index in [1.54, 1.807) is 43.2 Å². The summed E-state index contributed by atoms with van der Waals surface area (Å²) in [5.41, 5.74) is 3.22. The Morgan fingerprint density at radius 2 is 1.74 bits per heavy atom. The largest absolute Gasteiger partial charge is 0.496 e. The maximum absolute atomic E-state index is 14.0. The fraction of sp³-hybridized carbons (Fsp3) is 0.314. The molecule has 1 aromatic heterocycles. The Kier molecular flexibility index (Phi) is 9.28. The summed E-state index contributed by atoms with van der Waals surface area (Å²) in [6, 6.07) is 19.5. The van der Waals surface area contributed by atoms with Gasteiger partial charge < -0.3 is 39.0 Å². The third kappa shape index (κ3) is 7.01. The van der Waals surface area contributed by atoms with Gasteiger partial charge in [-0.15, -0.1) is 0 Å². The van der Waals surface area contributed by atoms with Gasteiger partial charge in [0.2, 0.25) is 5.91 Å². The summed E-state index contributed by atoms with van der Waals surface area (Å²) < 4.78 is 28.8. The van der Waals surface area contributed by atoms with Crippen LogP contribution in [0.25, 0.3) is 11.3 Å². The van der Waals surface area contributed by atoms with Crippen molar-refractivity contribution < 1.29 is 37.9 Å². The van der Waals surface area contributed by atoms with Gasteiger partial charge in [-0.2, -0.15) is 0 Å². The number of likely N-dealkylation sites (tertiary alicyclic amines) is 1. The average molecular weight is 641 g/mol. The zero-order chi connectivity index (χ0) is 32.9. The third-order valence-electron chi connectivity index (χ3n) is 8.27. The standard InChI is InChI=1S/C35H36N4O8/c1-21-33(34(38-47-21)23-7-5-4-6-8-23)35(42)39-18-26-30(19-39)46-25-12-11-24(28(16-25)43-2)17-36-31(40)14-10-22-9-13-27(29(15-22)44-3)45-20-32(41)37-26/h4-9,11-13,15-16,26,30H,10,14,17-20H2,1-3H3,(H,36,40)(H,37,41)/t26-,30-/m1/s1. The Hall–Kier alpha value is -5.52. The van der Waals surface area contributed by atoms with Crippen LogP contribution in [0.5, 0.6) is 23.0 Å². The molecule has 0 aliphatic carbocycles. The van der Waals surface area contributed by atoms with Gasteiger partial charge in [0.1, 0.15) is 34.6 Å². The van der Waals surface area contributed by atoms with Crippen molar-refractivity contribution in [1.29, 1.82) is 0 Å². The summed E-state index contributed by atoms with van der Waals surface area (Å²) in [5.74, 6) is 1.45. The lowest BCUT2D eigenvalue weighted by atomic mass is 10.1. The Balaban J connectivity index is 1.29. The SMILES string of the molecule is COc1cc2ccc1CNC(=O)CCc1ccc(c(OC)c1)OCC(=O)N[C@@H]1CN(C(=O)c3c(-c4ccccc4)noc3C)C[C@H]1O2. The minimum absolute atomic E-state index is 0.116. The lowest BCUT2D eigenvalue weighted by molar-refractivity contribution is -0.124. The van der Waals surface area contributed by atoms with Crippen molar-refractivity contribution >= 4 is 17.7 Å². The number of carbonyl (C=O) groups excluding carboxylic acids is 3. The molecule has 0 radical (unpaired) electrons. The molecule has 2 atom stereocenters. The molecular weight excluding hydrogens is 604 g/mol. The van der Waals surface area contributed by atoms with Crippen molar-refractivity contribution in [2.45, 2.75) is 38.5 Å². The van der Waals surface area contributed by atoms with Crippen molar-refractivity contribution in [3.8, 4) is 34.3 Å². The molecule has 3 aromatic carbocycles. The first-order valence-corrected chi connectivity index (χ1v) is 15.3. The molecule has 9 rings (SSSR count). The number of methoxy groups -OCH3 is 2. The molecule has 1 fully saturated rings. The number of rotatable bonds is 4. The van der Waals surface area contributed by atoms with Crippen LogP contribution >= 0.6 is 0 Å². The molecule has 6 heterocycles. The summed E-state index contributed by atoms with van der Waals surface area (Å²) >= 11 is 0. The van der Waals surface area contributed by atoms with Gasteiger partial charge >= 0.3 is 0 Å². The lowest BCUT2D eigenvalue weighted by Gasteiger charge is -2.22. The molecule has 5 aliphatic rings. The molecule has 47 heavy (non-hydrogen) atoms. The normalized spacial score (nSPS) is 18.4. The molecule has 0 spiro atoms. The maximum atomic E-state index is 14.0. The maximum Gasteiger partial charge on any atom is 0.259 e. The summed E-state index contributed by atoms with van der Waals surface area (Å²) in [6.45, 7) is 2.03. The number of benzene rings is 3. The predicted molar refractivity (Wildman–Crippen MR) is 171 cm³/mol. The van der Waals surface area contributed by atoms with Gasteiger partial charge in [-0.1, -0.05) is 41.6 Å². The Morgan fingerprint density at radius 3 is 2.53 bits per heavy atom. The molecular formula is C35H36N4O8. The number of nitrogens with one attached hydrogen (secondary N) is 2. The van der Waals surface area contributed by atoms with Crippen LogP contribution in [0.15, 0.2) is 71.3 Å². The Bertz CT molecular complexity index is 1770. The molecule has 1 saturated heterocycles. The second-order valence-electron chi connectivity index (χ2n) is 11.4. The van der Waals surface area contributed by atoms with Gasteiger partial charge in [0.05, 0.1) is 26.8 Å². The number of aryl methyl sites for hydroxylation is 2. The molecule has 12 heteroatoms. The first kappa shape index (κ1) is 31.5. The first-order valence-electron chi connectivity index (χ1n) is 15.3. The average Bonchev–Trinajstić information content (AvgIpc) is 3.68. The van der Waals surface area contributed by atoms with Crippen molar-refractivity contribution in [1.82, 2.24) is 20.7 Å². The summed E-state index contributed by atoms with van der Waals surface area (Å²) in [4.78, 5) is 41.5. The number of amides is 3. The van der Waals surface area contributed by atoms with E-state index in [9.17, 15) is 14.4 Å². The van der Waals surface area contributed by atoms with Crippen molar-refractivity contribution in [2.75, 3.05) is 33.9 Å². The third-order valence-corrected chi connectivity index (χ3v) is 8.27. The molecule has 3 amide bonds. The molecule has 2 N–H and O–H groups in total. The summed E-state index contributed by atoms with van der Waals surface area (Å²) in [5, 5.41) is 10.1.